The first-order valence-electron chi connectivity index (χ1n) is 4.91. The van der Waals surface area contributed by atoms with E-state index in [2.05, 4.69) is 17.1 Å². The maximum atomic E-state index is 5.19. The fraction of sp³-hybridized carbons (Fsp3) is 1.00. The molecule has 2 aliphatic rings. The predicted molar refractivity (Wildman–Crippen MR) is 48.3 cm³/mol. The topological polar surface area (TPSA) is 24.5 Å². The van der Waals surface area contributed by atoms with Crippen LogP contribution in [0.4, 0.5) is 0 Å². The molecule has 0 saturated carbocycles. The Balaban J connectivity index is 1.81. The average molecular weight is 170 g/mol. The molecule has 0 bridgehead atoms. The van der Waals surface area contributed by atoms with E-state index in [0.29, 0.717) is 6.04 Å². The van der Waals surface area contributed by atoms with Crippen LogP contribution in [0.1, 0.15) is 13.3 Å². The van der Waals surface area contributed by atoms with Crippen molar-refractivity contribution in [1.29, 1.82) is 0 Å². The third-order valence-corrected chi connectivity index (χ3v) is 2.88. The number of hydrogen-bond donors (Lipinski definition) is 1. The number of hydrogen-bond acceptors (Lipinski definition) is 3. The number of nitrogens with one attached hydrogen (secondary N) is 1. The molecular weight excluding hydrogens is 152 g/mol. The standard InChI is InChI=1S/C9H18N2O/c1-8-2-4-11(5-3-10-8)9-6-12-7-9/h8-10H,2-7H2,1H3/t8-/m1/s1. The first-order valence-corrected chi connectivity index (χ1v) is 4.91. The molecule has 2 rings (SSSR count). The van der Waals surface area contributed by atoms with Gasteiger partial charge in [-0.1, -0.05) is 0 Å². The number of rotatable bonds is 1. The van der Waals surface area contributed by atoms with Crippen molar-refractivity contribution in [2.75, 3.05) is 32.8 Å². The van der Waals surface area contributed by atoms with Crippen molar-refractivity contribution in [2.45, 2.75) is 25.4 Å². The lowest BCUT2D eigenvalue weighted by molar-refractivity contribution is -0.0628. The van der Waals surface area contributed by atoms with E-state index in [9.17, 15) is 0 Å². The second-order valence-electron chi connectivity index (χ2n) is 3.87. The summed E-state index contributed by atoms with van der Waals surface area (Å²) in [6.45, 7) is 7.74. The SMILES string of the molecule is C[C@@H]1CCN(C2COC2)CCN1. The molecule has 0 amide bonds. The fourth-order valence-corrected chi connectivity index (χ4v) is 1.83. The largest absolute Gasteiger partial charge is 0.378 e. The van der Waals surface area contributed by atoms with E-state index in [0.717, 1.165) is 25.8 Å². The van der Waals surface area contributed by atoms with Crippen molar-refractivity contribution in [3.8, 4) is 0 Å². The zero-order valence-electron chi connectivity index (χ0n) is 7.75. The Labute approximate surface area is 74.1 Å². The van der Waals surface area contributed by atoms with Gasteiger partial charge in [0.05, 0.1) is 19.3 Å². The molecule has 1 atom stereocenters. The molecule has 2 heterocycles. The summed E-state index contributed by atoms with van der Waals surface area (Å²) < 4.78 is 5.19. The van der Waals surface area contributed by atoms with Crippen molar-refractivity contribution in [2.24, 2.45) is 0 Å². The van der Waals surface area contributed by atoms with Crippen molar-refractivity contribution in [1.82, 2.24) is 10.2 Å². The van der Waals surface area contributed by atoms with Gasteiger partial charge in [0.2, 0.25) is 0 Å². The third-order valence-electron chi connectivity index (χ3n) is 2.88. The van der Waals surface area contributed by atoms with E-state index in [-0.39, 0.29) is 0 Å². The minimum Gasteiger partial charge on any atom is -0.378 e. The number of nitrogens with zero attached hydrogens (tertiary/aromatic N) is 1. The Bertz CT molecular complexity index is 147. The molecule has 2 fully saturated rings. The molecule has 2 aliphatic heterocycles. The van der Waals surface area contributed by atoms with Gasteiger partial charge in [-0.25, -0.2) is 0 Å². The van der Waals surface area contributed by atoms with Gasteiger partial charge in [-0.15, -0.1) is 0 Å². The highest BCUT2D eigenvalue weighted by Crippen LogP contribution is 2.12. The predicted octanol–water partition coefficient (Wildman–Crippen LogP) is 0.0690. The molecule has 0 aromatic heterocycles. The molecule has 2 saturated heterocycles. The van der Waals surface area contributed by atoms with Crippen LogP contribution < -0.4 is 5.32 Å². The Morgan fingerprint density at radius 3 is 2.83 bits per heavy atom. The van der Waals surface area contributed by atoms with Crippen LogP contribution in [-0.4, -0.2) is 49.8 Å². The molecule has 70 valence electrons. The van der Waals surface area contributed by atoms with Gasteiger partial charge in [-0.2, -0.15) is 0 Å². The average Bonchev–Trinajstić information content (AvgIpc) is 2.12. The van der Waals surface area contributed by atoms with Crippen LogP contribution in [0, 0.1) is 0 Å². The molecule has 3 heteroatoms. The lowest BCUT2D eigenvalue weighted by atomic mass is 10.2. The van der Waals surface area contributed by atoms with Crippen LogP contribution in [0.2, 0.25) is 0 Å². The molecule has 0 aromatic carbocycles. The molecular formula is C9H18N2O. The van der Waals surface area contributed by atoms with Crippen molar-refractivity contribution in [3.63, 3.8) is 0 Å². The molecule has 0 aliphatic carbocycles. The van der Waals surface area contributed by atoms with Gasteiger partial charge in [-0.3, -0.25) is 4.90 Å². The second-order valence-corrected chi connectivity index (χ2v) is 3.87. The zero-order chi connectivity index (χ0) is 8.39. The normalized spacial score (nSPS) is 34.2. The summed E-state index contributed by atoms with van der Waals surface area (Å²) in [5.74, 6) is 0. The minimum absolute atomic E-state index is 0.691. The van der Waals surface area contributed by atoms with E-state index >= 15 is 0 Å². The smallest absolute Gasteiger partial charge is 0.0645 e. The summed E-state index contributed by atoms with van der Waals surface area (Å²) in [5.41, 5.74) is 0. The van der Waals surface area contributed by atoms with Crippen LogP contribution in [0.15, 0.2) is 0 Å². The number of ether oxygens (including phenoxy) is 1. The molecule has 0 unspecified atom stereocenters. The fourth-order valence-electron chi connectivity index (χ4n) is 1.83. The van der Waals surface area contributed by atoms with Crippen LogP contribution >= 0.6 is 0 Å². The van der Waals surface area contributed by atoms with Gasteiger partial charge >= 0.3 is 0 Å². The van der Waals surface area contributed by atoms with Gasteiger partial charge < -0.3 is 10.1 Å². The maximum absolute atomic E-state index is 5.19. The van der Waals surface area contributed by atoms with E-state index in [1.807, 2.05) is 0 Å². The zero-order valence-corrected chi connectivity index (χ0v) is 7.75. The first-order chi connectivity index (χ1) is 5.86. The monoisotopic (exact) mass is 170 g/mol. The van der Waals surface area contributed by atoms with E-state index in [4.69, 9.17) is 4.74 Å². The molecule has 12 heavy (non-hydrogen) atoms. The minimum atomic E-state index is 0.691. The van der Waals surface area contributed by atoms with Crippen LogP contribution in [-0.2, 0) is 4.74 Å². The lowest BCUT2D eigenvalue weighted by Crippen LogP contribution is -2.50. The highest BCUT2D eigenvalue weighted by atomic mass is 16.5. The van der Waals surface area contributed by atoms with Crippen LogP contribution in [0.3, 0.4) is 0 Å². The van der Waals surface area contributed by atoms with Crippen LogP contribution in [0.5, 0.6) is 0 Å². The quantitative estimate of drug-likeness (QED) is 0.602. The van der Waals surface area contributed by atoms with Crippen LogP contribution in [0.25, 0.3) is 0 Å². The third kappa shape index (κ3) is 1.79. The summed E-state index contributed by atoms with van der Waals surface area (Å²) >= 11 is 0. The van der Waals surface area contributed by atoms with E-state index < -0.39 is 0 Å². The lowest BCUT2D eigenvalue weighted by Gasteiger charge is -2.36. The highest BCUT2D eigenvalue weighted by Gasteiger charge is 2.26. The maximum Gasteiger partial charge on any atom is 0.0645 e. The molecule has 0 radical (unpaired) electrons. The summed E-state index contributed by atoms with van der Waals surface area (Å²) in [4.78, 5) is 2.56. The summed E-state index contributed by atoms with van der Waals surface area (Å²) in [6, 6.07) is 1.41. The van der Waals surface area contributed by atoms with Gasteiger partial charge in [0.15, 0.2) is 0 Å². The second kappa shape index (κ2) is 3.73. The Hall–Kier alpha value is -0.120. The van der Waals surface area contributed by atoms with E-state index in [1.54, 1.807) is 0 Å². The van der Waals surface area contributed by atoms with E-state index in [1.165, 1.54) is 19.5 Å². The first kappa shape index (κ1) is 8.48. The van der Waals surface area contributed by atoms with Crippen molar-refractivity contribution < 1.29 is 4.74 Å². The van der Waals surface area contributed by atoms with Gasteiger partial charge in [-0.05, 0) is 13.3 Å². The Morgan fingerprint density at radius 2 is 2.17 bits per heavy atom. The van der Waals surface area contributed by atoms with Crippen molar-refractivity contribution >= 4 is 0 Å². The Kier molecular flexibility index (Phi) is 2.63. The van der Waals surface area contributed by atoms with Gasteiger partial charge in [0, 0.05) is 25.7 Å². The molecule has 3 nitrogen and oxygen atoms in total. The van der Waals surface area contributed by atoms with Gasteiger partial charge in [0.1, 0.15) is 0 Å². The summed E-state index contributed by atoms with van der Waals surface area (Å²) in [5, 5.41) is 3.50. The Morgan fingerprint density at radius 1 is 1.33 bits per heavy atom. The molecule has 0 spiro atoms. The highest BCUT2D eigenvalue weighted by molar-refractivity contribution is 4.81. The van der Waals surface area contributed by atoms with Gasteiger partial charge in [0.25, 0.3) is 0 Å². The summed E-state index contributed by atoms with van der Waals surface area (Å²) in [7, 11) is 0. The van der Waals surface area contributed by atoms with Crippen molar-refractivity contribution in [3.05, 3.63) is 0 Å². The molecule has 1 N–H and O–H groups in total. The summed E-state index contributed by atoms with van der Waals surface area (Å²) in [6.07, 6.45) is 1.27. The molecule has 0 aromatic rings.